The highest BCUT2D eigenvalue weighted by Gasteiger charge is 2.14. The molecule has 1 saturated heterocycles. The Labute approximate surface area is 100 Å². The number of pyridine rings is 1. The molecule has 1 fully saturated rings. The maximum Gasteiger partial charge on any atom is 0.214 e. The quantitative estimate of drug-likeness (QED) is 0.852. The second-order valence-electron chi connectivity index (χ2n) is 4.07. The molecule has 2 rings (SSSR count). The topological polar surface area (TPSA) is 81.2 Å². The lowest BCUT2D eigenvalue weighted by molar-refractivity contribution is 0.0490. The van der Waals surface area contributed by atoms with Crippen molar-refractivity contribution in [2.75, 3.05) is 25.6 Å². The number of anilines is 1. The highest BCUT2D eigenvalue weighted by molar-refractivity contribution is 5.50. The second-order valence-corrected chi connectivity index (χ2v) is 4.07. The fourth-order valence-corrected chi connectivity index (χ4v) is 1.74. The van der Waals surface area contributed by atoms with Gasteiger partial charge in [-0.3, -0.25) is 0 Å². The van der Waals surface area contributed by atoms with E-state index >= 15 is 0 Å². The zero-order valence-corrected chi connectivity index (χ0v) is 9.56. The summed E-state index contributed by atoms with van der Waals surface area (Å²) in [6.07, 6.45) is 2.03. The summed E-state index contributed by atoms with van der Waals surface area (Å²) in [5.74, 6) is 0.968. The lowest BCUT2D eigenvalue weighted by Gasteiger charge is -2.21. The van der Waals surface area contributed by atoms with Crippen molar-refractivity contribution in [1.29, 1.82) is 5.26 Å². The third kappa shape index (κ3) is 3.08. The van der Waals surface area contributed by atoms with Crippen molar-refractivity contribution in [1.82, 2.24) is 4.98 Å². The van der Waals surface area contributed by atoms with Crippen LogP contribution in [-0.4, -0.2) is 24.8 Å². The Kier molecular flexibility index (Phi) is 3.78. The van der Waals surface area contributed by atoms with E-state index < -0.39 is 0 Å². The van der Waals surface area contributed by atoms with Crippen LogP contribution in [0.5, 0.6) is 5.88 Å². The molecule has 2 heterocycles. The van der Waals surface area contributed by atoms with Crippen LogP contribution in [0.2, 0.25) is 0 Å². The van der Waals surface area contributed by atoms with Crippen molar-refractivity contribution in [2.45, 2.75) is 12.8 Å². The first-order valence-corrected chi connectivity index (χ1v) is 5.67. The molecule has 5 nitrogen and oxygen atoms in total. The Morgan fingerprint density at radius 3 is 2.94 bits per heavy atom. The zero-order chi connectivity index (χ0) is 12.1. The molecule has 90 valence electrons. The summed E-state index contributed by atoms with van der Waals surface area (Å²) in [5, 5.41) is 8.80. The van der Waals surface area contributed by atoms with Crippen LogP contribution >= 0.6 is 0 Å². The van der Waals surface area contributed by atoms with E-state index in [2.05, 4.69) is 4.98 Å². The summed E-state index contributed by atoms with van der Waals surface area (Å²) >= 11 is 0. The van der Waals surface area contributed by atoms with E-state index in [1.165, 1.54) is 0 Å². The van der Waals surface area contributed by atoms with Gasteiger partial charge >= 0.3 is 0 Å². The molecule has 0 amide bonds. The van der Waals surface area contributed by atoms with Gasteiger partial charge in [-0.1, -0.05) is 0 Å². The van der Waals surface area contributed by atoms with E-state index in [0.717, 1.165) is 26.1 Å². The molecule has 0 bridgehead atoms. The van der Waals surface area contributed by atoms with Crippen LogP contribution in [0.25, 0.3) is 0 Å². The smallest absolute Gasteiger partial charge is 0.214 e. The summed E-state index contributed by atoms with van der Waals surface area (Å²) in [7, 11) is 0. The molecular weight excluding hydrogens is 218 g/mol. The molecule has 1 aliphatic heterocycles. The molecule has 0 unspecified atom stereocenters. The number of nitrogens with two attached hydrogens (primary N) is 1. The highest BCUT2D eigenvalue weighted by Crippen LogP contribution is 2.18. The van der Waals surface area contributed by atoms with Gasteiger partial charge in [0.1, 0.15) is 6.07 Å². The van der Waals surface area contributed by atoms with Crippen molar-refractivity contribution in [2.24, 2.45) is 5.92 Å². The number of hydrogen-bond donors (Lipinski definition) is 1. The molecule has 0 radical (unpaired) electrons. The zero-order valence-electron chi connectivity index (χ0n) is 9.56. The standard InChI is InChI=1S/C12H15N3O2/c13-7-11-10(14)1-2-12(15-11)17-8-9-3-5-16-6-4-9/h1-2,9H,3-6,8,14H2. The molecular formula is C12H15N3O2. The molecule has 0 saturated carbocycles. The van der Waals surface area contributed by atoms with Gasteiger partial charge in [-0.15, -0.1) is 0 Å². The summed E-state index contributed by atoms with van der Waals surface area (Å²) in [6.45, 7) is 2.21. The van der Waals surface area contributed by atoms with Crippen LogP contribution in [0.15, 0.2) is 12.1 Å². The first kappa shape index (κ1) is 11.7. The number of aromatic nitrogens is 1. The van der Waals surface area contributed by atoms with E-state index in [0.29, 0.717) is 24.1 Å². The van der Waals surface area contributed by atoms with E-state index in [9.17, 15) is 0 Å². The Balaban J connectivity index is 1.92. The molecule has 0 atom stereocenters. The Morgan fingerprint density at radius 1 is 1.47 bits per heavy atom. The van der Waals surface area contributed by atoms with Crippen LogP contribution in [0.4, 0.5) is 5.69 Å². The maximum absolute atomic E-state index is 8.80. The summed E-state index contributed by atoms with van der Waals surface area (Å²) in [6, 6.07) is 5.27. The average molecular weight is 233 g/mol. The van der Waals surface area contributed by atoms with Crippen LogP contribution in [0, 0.1) is 17.2 Å². The van der Waals surface area contributed by atoms with Crippen LogP contribution in [0.3, 0.4) is 0 Å². The largest absolute Gasteiger partial charge is 0.477 e. The van der Waals surface area contributed by atoms with Gasteiger partial charge in [0.15, 0.2) is 5.69 Å². The lowest BCUT2D eigenvalue weighted by Crippen LogP contribution is -2.21. The molecule has 5 heteroatoms. The lowest BCUT2D eigenvalue weighted by atomic mass is 10.0. The number of nitriles is 1. The van der Waals surface area contributed by atoms with Gasteiger partial charge in [-0.2, -0.15) is 5.26 Å². The van der Waals surface area contributed by atoms with E-state index in [1.54, 1.807) is 12.1 Å². The molecule has 2 N–H and O–H groups in total. The minimum atomic E-state index is 0.217. The first-order chi connectivity index (χ1) is 8.29. The van der Waals surface area contributed by atoms with Gasteiger partial charge in [0, 0.05) is 19.3 Å². The van der Waals surface area contributed by atoms with Gasteiger partial charge < -0.3 is 15.2 Å². The Bertz CT molecular complexity index is 422. The number of nitrogens with zero attached hydrogens (tertiary/aromatic N) is 2. The average Bonchev–Trinajstić information content (AvgIpc) is 2.39. The fraction of sp³-hybridized carbons (Fsp3) is 0.500. The molecule has 1 aliphatic rings. The maximum atomic E-state index is 8.80. The van der Waals surface area contributed by atoms with Gasteiger partial charge in [0.2, 0.25) is 5.88 Å². The number of ether oxygens (including phenoxy) is 2. The summed E-state index contributed by atoms with van der Waals surface area (Å²) < 4.78 is 10.8. The van der Waals surface area contributed by atoms with Crippen molar-refractivity contribution < 1.29 is 9.47 Å². The number of rotatable bonds is 3. The molecule has 1 aromatic rings. The second kappa shape index (κ2) is 5.51. The van der Waals surface area contributed by atoms with Crippen molar-refractivity contribution in [3.05, 3.63) is 17.8 Å². The van der Waals surface area contributed by atoms with E-state index in [-0.39, 0.29) is 5.69 Å². The minimum Gasteiger partial charge on any atom is -0.477 e. The Hall–Kier alpha value is -1.80. The number of hydrogen-bond acceptors (Lipinski definition) is 5. The minimum absolute atomic E-state index is 0.217. The predicted octanol–water partition coefficient (Wildman–Crippen LogP) is 1.34. The van der Waals surface area contributed by atoms with Crippen molar-refractivity contribution in [3.8, 4) is 11.9 Å². The van der Waals surface area contributed by atoms with Gasteiger partial charge in [-0.25, -0.2) is 4.98 Å². The summed E-state index contributed by atoms with van der Waals surface area (Å²) in [5.41, 5.74) is 6.18. The third-order valence-corrected chi connectivity index (χ3v) is 2.81. The van der Waals surface area contributed by atoms with Gasteiger partial charge in [-0.05, 0) is 24.8 Å². The van der Waals surface area contributed by atoms with Crippen molar-refractivity contribution in [3.63, 3.8) is 0 Å². The van der Waals surface area contributed by atoms with Crippen LogP contribution in [0.1, 0.15) is 18.5 Å². The van der Waals surface area contributed by atoms with Gasteiger partial charge in [0.05, 0.1) is 12.3 Å². The number of nitrogen functional groups attached to an aromatic ring is 1. The third-order valence-electron chi connectivity index (χ3n) is 2.81. The van der Waals surface area contributed by atoms with E-state index in [1.807, 2.05) is 6.07 Å². The van der Waals surface area contributed by atoms with Crippen LogP contribution < -0.4 is 10.5 Å². The Morgan fingerprint density at radius 2 is 2.24 bits per heavy atom. The normalized spacial score (nSPS) is 16.4. The molecule has 0 aromatic carbocycles. The fourth-order valence-electron chi connectivity index (χ4n) is 1.74. The SMILES string of the molecule is N#Cc1nc(OCC2CCOCC2)ccc1N. The molecule has 17 heavy (non-hydrogen) atoms. The monoisotopic (exact) mass is 233 g/mol. The van der Waals surface area contributed by atoms with Crippen LogP contribution in [-0.2, 0) is 4.74 Å². The predicted molar refractivity (Wildman–Crippen MR) is 62.4 cm³/mol. The summed E-state index contributed by atoms with van der Waals surface area (Å²) in [4.78, 5) is 4.04. The molecule has 0 aliphatic carbocycles. The molecule has 1 aromatic heterocycles. The first-order valence-electron chi connectivity index (χ1n) is 5.67. The highest BCUT2D eigenvalue weighted by atomic mass is 16.5. The van der Waals surface area contributed by atoms with E-state index in [4.69, 9.17) is 20.5 Å². The molecule has 0 spiro atoms. The van der Waals surface area contributed by atoms with Crippen molar-refractivity contribution >= 4 is 5.69 Å². The van der Waals surface area contributed by atoms with Gasteiger partial charge in [0.25, 0.3) is 0 Å².